The molecule has 2 rings (SSSR count). The van der Waals surface area contributed by atoms with Crippen LogP contribution in [0.25, 0.3) is 0 Å². The Morgan fingerprint density at radius 3 is 2.84 bits per heavy atom. The molecule has 4 nitrogen and oxygen atoms in total. The van der Waals surface area contributed by atoms with E-state index in [0.29, 0.717) is 17.0 Å². The molecular formula is C14H13ClN2O2. The van der Waals surface area contributed by atoms with Crippen molar-refractivity contribution in [3.63, 3.8) is 0 Å². The Kier molecular flexibility index (Phi) is 4.12. The Balaban J connectivity index is 2.20. The van der Waals surface area contributed by atoms with Crippen molar-refractivity contribution in [2.75, 3.05) is 7.11 Å². The molecule has 0 atom stereocenters. The fourth-order valence-electron chi connectivity index (χ4n) is 1.73. The van der Waals surface area contributed by atoms with Gasteiger partial charge in [-0.15, -0.1) is 0 Å². The van der Waals surface area contributed by atoms with E-state index in [9.17, 15) is 4.79 Å². The quantitative estimate of drug-likeness (QED) is 0.636. The molecule has 0 saturated heterocycles. The second-order valence-corrected chi connectivity index (χ2v) is 4.44. The van der Waals surface area contributed by atoms with Crippen molar-refractivity contribution in [2.24, 2.45) is 0 Å². The molecule has 98 valence electrons. The summed E-state index contributed by atoms with van der Waals surface area (Å²) in [4.78, 5) is 19.9. The molecule has 0 aliphatic rings. The zero-order chi connectivity index (χ0) is 13.8. The number of Topliss-reactive ketones (excluding diaryl/α,β-unsaturated/α-hetero) is 1. The lowest BCUT2D eigenvalue weighted by atomic mass is 10.0. The summed E-state index contributed by atoms with van der Waals surface area (Å²) >= 11 is 5.69. The Bertz CT molecular complexity index is 614. The highest BCUT2D eigenvalue weighted by Gasteiger charge is 2.10. The van der Waals surface area contributed by atoms with Crippen molar-refractivity contribution in [3.8, 4) is 5.75 Å². The van der Waals surface area contributed by atoms with Gasteiger partial charge in [-0.2, -0.15) is 0 Å². The number of hydrogen-bond donors (Lipinski definition) is 0. The average molecular weight is 277 g/mol. The number of hydrogen-bond acceptors (Lipinski definition) is 4. The molecule has 0 spiro atoms. The van der Waals surface area contributed by atoms with Crippen molar-refractivity contribution >= 4 is 17.4 Å². The molecule has 1 heterocycles. The van der Waals surface area contributed by atoms with Crippen LogP contribution in [-0.2, 0) is 6.42 Å². The van der Waals surface area contributed by atoms with Crippen LogP contribution in [0.4, 0.5) is 0 Å². The molecule has 2 aromatic rings. The number of rotatable bonds is 4. The van der Waals surface area contributed by atoms with E-state index in [1.165, 1.54) is 6.20 Å². The van der Waals surface area contributed by atoms with Gasteiger partial charge >= 0.3 is 0 Å². The van der Waals surface area contributed by atoms with Crippen LogP contribution in [0, 0.1) is 6.92 Å². The number of ether oxygens (including phenoxy) is 1. The van der Waals surface area contributed by atoms with Gasteiger partial charge in [0.2, 0.25) is 5.28 Å². The third-order valence-electron chi connectivity index (χ3n) is 2.76. The Hall–Kier alpha value is -1.94. The van der Waals surface area contributed by atoms with Crippen LogP contribution in [0.3, 0.4) is 0 Å². The van der Waals surface area contributed by atoms with E-state index in [0.717, 1.165) is 5.56 Å². The molecule has 5 heteroatoms. The molecule has 1 aromatic carbocycles. The predicted molar refractivity (Wildman–Crippen MR) is 72.8 cm³/mol. The maximum Gasteiger partial charge on any atom is 0.222 e. The van der Waals surface area contributed by atoms with Gasteiger partial charge < -0.3 is 4.74 Å². The standard InChI is InChI=1S/C14H13ClN2O2/c1-9-3-4-10(7-13(9)19-2)12(18)8-11-5-6-16-14(15)17-11/h3-7H,8H2,1-2H3. The minimum Gasteiger partial charge on any atom is -0.496 e. The van der Waals surface area contributed by atoms with Gasteiger partial charge in [0.25, 0.3) is 0 Å². The topological polar surface area (TPSA) is 52.1 Å². The van der Waals surface area contributed by atoms with Gasteiger partial charge in [-0.25, -0.2) is 9.97 Å². The molecule has 19 heavy (non-hydrogen) atoms. The lowest BCUT2D eigenvalue weighted by molar-refractivity contribution is 0.0991. The van der Waals surface area contributed by atoms with Gasteiger partial charge in [0, 0.05) is 11.8 Å². The van der Waals surface area contributed by atoms with Gasteiger partial charge in [0.15, 0.2) is 5.78 Å². The Labute approximate surface area is 116 Å². The van der Waals surface area contributed by atoms with Gasteiger partial charge in [0.1, 0.15) is 5.75 Å². The van der Waals surface area contributed by atoms with Crippen LogP contribution < -0.4 is 4.74 Å². The SMILES string of the molecule is COc1cc(C(=O)Cc2ccnc(Cl)n2)ccc1C. The summed E-state index contributed by atoms with van der Waals surface area (Å²) in [5.74, 6) is 0.666. The third kappa shape index (κ3) is 3.29. The van der Waals surface area contributed by atoms with E-state index in [2.05, 4.69) is 9.97 Å². The smallest absolute Gasteiger partial charge is 0.222 e. The van der Waals surface area contributed by atoms with Crippen molar-refractivity contribution in [1.82, 2.24) is 9.97 Å². The Morgan fingerprint density at radius 1 is 1.37 bits per heavy atom. The fourth-order valence-corrected chi connectivity index (χ4v) is 1.89. The minimum absolute atomic E-state index is 0.0342. The summed E-state index contributed by atoms with van der Waals surface area (Å²) in [6.07, 6.45) is 1.72. The number of nitrogens with zero attached hydrogens (tertiary/aromatic N) is 2. The first kappa shape index (κ1) is 13.5. The highest BCUT2D eigenvalue weighted by Crippen LogP contribution is 2.20. The molecule has 0 fully saturated rings. The zero-order valence-corrected chi connectivity index (χ0v) is 11.4. The number of ketones is 1. The van der Waals surface area contributed by atoms with Crippen molar-refractivity contribution < 1.29 is 9.53 Å². The summed E-state index contributed by atoms with van der Waals surface area (Å²) in [5.41, 5.74) is 2.19. The third-order valence-corrected chi connectivity index (χ3v) is 2.94. The first-order chi connectivity index (χ1) is 9.10. The number of aromatic nitrogens is 2. The summed E-state index contributed by atoms with van der Waals surface area (Å²) in [5, 5.41) is 0.145. The lowest BCUT2D eigenvalue weighted by Gasteiger charge is -2.07. The van der Waals surface area contributed by atoms with Crippen molar-refractivity contribution in [2.45, 2.75) is 13.3 Å². The second-order valence-electron chi connectivity index (χ2n) is 4.10. The highest BCUT2D eigenvalue weighted by atomic mass is 35.5. The van der Waals surface area contributed by atoms with Gasteiger partial charge in [-0.1, -0.05) is 12.1 Å². The predicted octanol–water partition coefficient (Wildman–Crippen LogP) is 2.87. The van der Waals surface area contributed by atoms with Crippen LogP contribution >= 0.6 is 11.6 Å². The number of carbonyl (C=O) groups excluding carboxylic acids is 1. The van der Waals surface area contributed by atoms with Crippen molar-refractivity contribution in [3.05, 3.63) is 52.6 Å². The molecule has 0 amide bonds. The summed E-state index contributed by atoms with van der Waals surface area (Å²) in [6.45, 7) is 1.93. The van der Waals surface area contributed by atoms with E-state index >= 15 is 0 Å². The normalized spacial score (nSPS) is 10.3. The number of aryl methyl sites for hydroxylation is 1. The highest BCUT2D eigenvalue weighted by molar-refractivity contribution is 6.28. The molecule has 0 unspecified atom stereocenters. The molecule has 0 aliphatic carbocycles. The molecule has 0 aliphatic heterocycles. The second kappa shape index (κ2) is 5.80. The monoisotopic (exact) mass is 276 g/mol. The van der Waals surface area contributed by atoms with E-state index in [1.54, 1.807) is 25.3 Å². The van der Waals surface area contributed by atoms with E-state index in [-0.39, 0.29) is 17.5 Å². The molecule has 0 saturated carbocycles. The fraction of sp³-hybridized carbons (Fsp3) is 0.214. The number of halogens is 1. The molecule has 1 aromatic heterocycles. The first-order valence-corrected chi connectivity index (χ1v) is 6.13. The Morgan fingerprint density at radius 2 is 2.16 bits per heavy atom. The van der Waals surface area contributed by atoms with Crippen LogP contribution in [-0.4, -0.2) is 22.9 Å². The summed E-state index contributed by atoms with van der Waals surface area (Å²) in [6, 6.07) is 7.05. The molecule has 0 radical (unpaired) electrons. The van der Waals surface area contributed by atoms with Crippen molar-refractivity contribution in [1.29, 1.82) is 0 Å². The zero-order valence-electron chi connectivity index (χ0n) is 10.7. The maximum absolute atomic E-state index is 12.1. The summed E-state index contributed by atoms with van der Waals surface area (Å²) < 4.78 is 5.21. The average Bonchev–Trinajstić information content (AvgIpc) is 2.39. The largest absolute Gasteiger partial charge is 0.496 e. The van der Waals surface area contributed by atoms with E-state index < -0.39 is 0 Å². The van der Waals surface area contributed by atoms with Gasteiger partial charge in [-0.3, -0.25) is 4.79 Å². The van der Waals surface area contributed by atoms with E-state index in [1.807, 2.05) is 13.0 Å². The number of carbonyl (C=O) groups is 1. The molecule has 0 bridgehead atoms. The minimum atomic E-state index is -0.0342. The number of benzene rings is 1. The summed E-state index contributed by atoms with van der Waals surface area (Å²) in [7, 11) is 1.58. The van der Waals surface area contributed by atoms with Crippen LogP contribution in [0.15, 0.2) is 30.5 Å². The van der Waals surface area contributed by atoms with E-state index in [4.69, 9.17) is 16.3 Å². The number of methoxy groups -OCH3 is 1. The maximum atomic E-state index is 12.1. The van der Waals surface area contributed by atoms with Gasteiger partial charge in [0.05, 0.1) is 19.2 Å². The van der Waals surface area contributed by atoms with Crippen LogP contribution in [0.2, 0.25) is 5.28 Å². The molecular weight excluding hydrogens is 264 g/mol. The van der Waals surface area contributed by atoms with Crippen LogP contribution in [0.1, 0.15) is 21.6 Å². The van der Waals surface area contributed by atoms with Gasteiger partial charge in [-0.05, 0) is 36.2 Å². The lowest BCUT2D eigenvalue weighted by Crippen LogP contribution is -2.06. The van der Waals surface area contributed by atoms with Crippen LogP contribution in [0.5, 0.6) is 5.75 Å². The molecule has 0 N–H and O–H groups in total. The first-order valence-electron chi connectivity index (χ1n) is 5.75.